The third-order valence-electron chi connectivity index (χ3n) is 2.52. The monoisotopic (exact) mass is 230 g/mol. The maximum absolute atomic E-state index is 5.88. The molecule has 2 nitrogen and oxygen atoms in total. The zero-order valence-corrected chi connectivity index (χ0v) is 9.57. The Morgan fingerprint density at radius 1 is 1.64 bits per heavy atom. The van der Waals surface area contributed by atoms with Crippen LogP contribution in [0.3, 0.4) is 0 Å². The lowest BCUT2D eigenvalue weighted by Crippen LogP contribution is -2.29. The van der Waals surface area contributed by atoms with Crippen LogP contribution in [0.25, 0.3) is 0 Å². The number of hydrogen-bond acceptors (Lipinski definition) is 3. The highest BCUT2D eigenvalue weighted by molar-refractivity contribution is 7.10. The van der Waals surface area contributed by atoms with E-state index in [1.807, 2.05) is 11.4 Å². The SMILES string of the molecule is NCC(NCC1CC1)c1cc(Cl)cs1. The fraction of sp³-hybridized carbons (Fsp3) is 0.600. The van der Waals surface area contributed by atoms with Crippen molar-refractivity contribution in [1.82, 2.24) is 5.32 Å². The maximum Gasteiger partial charge on any atom is 0.0539 e. The molecule has 1 heterocycles. The Morgan fingerprint density at radius 3 is 2.93 bits per heavy atom. The summed E-state index contributed by atoms with van der Waals surface area (Å²) in [6.45, 7) is 1.74. The number of halogens is 1. The zero-order chi connectivity index (χ0) is 9.97. The van der Waals surface area contributed by atoms with E-state index < -0.39 is 0 Å². The van der Waals surface area contributed by atoms with E-state index in [2.05, 4.69) is 5.32 Å². The standard InChI is InChI=1S/C10H15ClN2S/c11-8-3-10(14-6-8)9(4-12)13-5-7-1-2-7/h3,6-7,9,13H,1-2,4-5,12H2. The number of rotatable bonds is 5. The van der Waals surface area contributed by atoms with Crippen molar-refractivity contribution in [2.45, 2.75) is 18.9 Å². The van der Waals surface area contributed by atoms with Crippen molar-refractivity contribution in [2.24, 2.45) is 11.7 Å². The Balaban J connectivity index is 1.90. The van der Waals surface area contributed by atoms with Gasteiger partial charge in [-0.25, -0.2) is 0 Å². The second-order valence-corrected chi connectivity index (χ2v) is 5.19. The van der Waals surface area contributed by atoms with Crippen molar-refractivity contribution in [1.29, 1.82) is 0 Å². The van der Waals surface area contributed by atoms with Crippen molar-refractivity contribution < 1.29 is 0 Å². The van der Waals surface area contributed by atoms with Gasteiger partial charge in [-0.3, -0.25) is 0 Å². The summed E-state index contributed by atoms with van der Waals surface area (Å²) in [4.78, 5) is 1.25. The molecule has 1 aromatic rings. The van der Waals surface area contributed by atoms with E-state index in [9.17, 15) is 0 Å². The number of nitrogens with one attached hydrogen (secondary N) is 1. The van der Waals surface area contributed by atoms with Crippen molar-refractivity contribution in [3.8, 4) is 0 Å². The average Bonchev–Trinajstić information content (AvgIpc) is 2.90. The Bertz CT molecular complexity index is 296. The van der Waals surface area contributed by atoms with E-state index in [1.54, 1.807) is 11.3 Å². The van der Waals surface area contributed by atoms with Crippen molar-refractivity contribution in [3.05, 3.63) is 21.3 Å². The van der Waals surface area contributed by atoms with Crippen molar-refractivity contribution >= 4 is 22.9 Å². The minimum absolute atomic E-state index is 0.285. The largest absolute Gasteiger partial charge is 0.329 e. The molecule has 1 saturated carbocycles. The molecule has 1 aliphatic carbocycles. The van der Waals surface area contributed by atoms with Crippen LogP contribution in [-0.2, 0) is 0 Å². The van der Waals surface area contributed by atoms with Gasteiger partial charge in [0.05, 0.1) is 11.1 Å². The highest BCUT2D eigenvalue weighted by Gasteiger charge is 2.22. The van der Waals surface area contributed by atoms with E-state index >= 15 is 0 Å². The summed E-state index contributed by atoms with van der Waals surface area (Å²) in [7, 11) is 0. The number of thiophene rings is 1. The van der Waals surface area contributed by atoms with Crippen molar-refractivity contribution in [2.75, 3.05) is 13.1 Å². The molecule has 0 saturated heterocycles. The fourth-order valence-electron chi connectivity index (χ4n) is 1.44. The highest BCUT2D eigenvalue weighted by Crippen LogP contribution is 2.29. The molecule has 0 amide bonds. The summed E-state index contributed by atoms with van der Waals surface area (Å²) in [6, 6.07) is 2.29. The Morgan fingerprint density at radius 2 is 2.43 bits per heavy atom. The molecule has 1 atom stereocenters. The Hall–Kier alpha value is -0.0900. The van der Waals surface area contributed by atoms with Gasteiger partial charge in [-0.05, 0) is 31.4 Å². The second kappa shape index (κ2) is 4.62. The molecule has 0 aromatic carbocycles. The van der Waals surface area contributed by atoms with Gasteiger partial charge in [-0.2, -0.15) is 0 Å². The number of hydrogen-bond donors (Lipinski definition) is 2. The van der Waals surface area contributed by atoms with E-state index in [0.717, 1.165) is 17.5 Å². The van der Waals surface area contributed by atoms with Gasteiger partial charge in [0.25, 0.3) is 0 Å². The summed E-state index contributed by atoms with van der Waals surface area (Å²) < 4.78 is 0. The van der Waals surface area contributed by atoms with Gasteiger partial charge in [0.15, 0.2) is 0 Å². The minimum Gasteiger partial charge on any atom is -0.329 e. The van der Waals surface area contributed by atoms with E-state index in [-0.39, 0.29) is 6.04 Å². The molecule has 78 valence electrons. The summed E-state index contributed by atoms with van der Waals surface area (Å²) >= 11 is 7.56. The topological polar surface area (TPSA) is 38.0 Å². The molecule has 0 bridgehead atoms. The van der Waals surface area contributed by atoms with Crippen LogP contribution in [0.5, 0.6) is 0 Å². The predicted molar refractivity (Wildman–Crippen MR) is 61.9 cm³/mol. The third kappa shape index (κ3) is 2.70. The Labute approximate surface area is 93.4 Å². The van der Waals surface area contributed by atoms with Gasteiger partial charge in [0.1, 0.15) is 0 Å². The van der Waals surface area contributed by atoms with Crippen LogP contribution in [0.2, 0.25) is 5.02 Å². The smallest absolute Gasteiger partial charge is 0.0539 e. The summed E-state index contributed by atoms with van der Waals surface area (Å²) in [5.74, 6) is 0.888. The molecule has 1 unspecified atom stereocenters. The summed E-state index contributed by atoms with van der Waals surface area (Å²) in [5.41, 5.74) is 5.72. The first-order chi connectivity index (χ1) is 6.79. The zero-order valence-electron chi connectivity index (χ0n) is 8.00. The lowest BCUT2D eigenvalue weighted by Gasteiger charge is -2.14. The van der Waals surface area contributed by atoms with Gasteiger partial charge in [-0.1, -0.05) is 11.6 Å². The van der Waals surface area contributed by atoms with Gasteiger partial charge in [-0.15, -0.1) is 11.3 Å². The van der Waals surface area contributed by atoms with Crippen LogP contribution in [0.4, 0.5) is 0 Å². The van der Waals surface area contributed by atoms with Crippen molar-refractivity contribution in [3.63, 3.8) is 0 Å². The Kier molecular flexibility index (Phi) is 3.44. The van der Waals surface area contributed by atoms with Crippen LogP contribution < -0.4 is 11.1 Å². The second-order valence-electron chi connectivity index (χ2n) is 3.81. The summed E-state index contributed by atoms with van der Waals surface area (Å²) in [5, 5.41) is 6.26. The lowest BCUT2D eigenvalue weighted by molar-refractivity contribution is 0.529. The van der Waals surface area contributed by atoms with Crippen LogP contribution in [0, 0.1) is 5.92 Å². The quantitative estimate of drug-likeness (QED) is 0.815. The molecule has 2 rings (SSSR count). The highest BCUT2D eigenvalue weighted by atomic mass is 35.5. The molecule has 0 radical (unpaired) electrons. The third-order valence-corrected chi connectivity index (χ3v) is 3.91. The maximum atomic E-state index is 5.88. The molecule has 4 heteroatoms. The predicted octanol–water partition coefficient (Wildman–Crippen LogP) is 2.40. The molecule has 0 aliphatic heterocycles. The van der Waals surface area contributed by atoms with Gasteiger partial charge in [0.2, 0.25) is 0 Å². The molecular formula is C10H15ClN2S. The molecule has 14 heavy (non-hydrogen) atoms. The summed E-state index contributed by atoms with van der Waals surface area (Å²) in [6.07, 6.45) is 2.74. The van der Waals surface area contributed by atoms with Crippen LogP contribution in [0.15, 0.2) is 11.4 Å². The van der Waals surface area contributed by atoms with Gasteiger partial charge in [0, 0.05) is 16.8 Å². The molecule has 1 aliphatic rings. The molecular weight excluding hydrogens is 216 g/mol. The van der Waals surface area contributed by atoms with Gasteiger partial charge < -0.3 is 11.1 Å². The lowest BCUT2D eigenvalue weighted by atomic mass is 10.2. The normalized spacial score (nSPS) is 18.4. The van der Waals surface area contributed by atoms with Gasteiger partial charge >= 0.3 is 0 Å². The van der Waals surface area contributed by atoms with E-state index in [4.69, 9.17) is 17.3 Å². The fourth-order valence-corrected chi connectivity index (χ4v) is 2.61. The first-order valence-corrected chi connectivity index (χ1v) is 6.22. The first-order valence-electron chi connectivity index (χ1n) is 4.97. The molecule has 1 aromatic heterocycles. The van der Waals surface area contributed by atoms with Crippen LogP contribution >= 0.6 is 22.9 Å². The van der Waals surface area contributed by atoms with E-state index in [1.165, 1.54) is 17.7 Å². The molecule has 0 spiro atoms. The van der Waals surface area contributed by atoms with E-state index in [0.29, 0.717) is 6.54 Å². The number of nitrogens with two attached hydrogens (primary N) is 1. The molecule has 1 fully saturated rings. The molecule has 3 N–H and O–H groups in total. The first kappa shape index (κ1) is 10.4. The van der Waals surface area contributed by atoms with Crippen LogP contribution in [0.1, 0.15) is 23.8 Å². The average molecular weight is 231 g/mol. The van der Waals surface area contributed by atoms with Crippen LogP contribution in [-0.4, -0.2) is 13.1 Å². The minimum atomic E-state index is 0.285.